The quantitative estimate of drug-likeness (QED) is 0.802. The van der Waals surface area contributed by atoms with Gasteiger partial charge < -0.3 is 10.2 Å². The summed E-state index contributed by atoms with van der Waals surface area (Å²) in [5.41, 5.74) is 1.11. The van der Waals surface area contributed by atoms with Gasteiger partial charge in [0.1, 0.15) is 0 Å². The van der Waals surface area contributed by atoms with Crippen molar-refractivity contribution in [3.8, 4) is 0 Å². The Labute approximate surface area is 102 Å². The van der Waals surface area contributed by atoms with Crippen LogP contribution in [0.3, 0.4) is 0 Å². The summed E-state index contributed by atoms with van der Waals surface area (Å²) in [4.78, 5) is 17.9. The molecular weight excluding hydrogens is 214 g/mol. The largest absolute Gasteiger partial charge is 0.339 e. The highest BCUT2D eigenvalue weighted by Gasteiger charge is 2.30. The molecule has 4 nitrogen and oxygen atoms in total. The number of nitrogens with one attached hydrogen (secondary N) is 1. The molecule has 4 heteroatoms. The van der Waals surface area contributed by atoms with Gasteiger partial charge in [0.15, 0.2) is 0 Å². The summed E-state index contributed by atoms with van der Waals surface area (Å²) in [7, 11) is 0. The normalized spacial score (nSPS) is 14.6. The summed E-state index contributed by atoms with van der Waals surface area (Å²) >= 11 is 0. The molecule has 0 aromatic carbocycles. The Morgan fingerprint density at radius 3 is 3.00 bits per heavy atom. The molecule has 1 heterocycles. The number of nitrogens with zero attached hydrogens (tertiary/aromatic N) is 2. The van der Waals surface area contributed by atoms with Crippen LogP contribution in [0.2, 0.25) is 0 Å². The summed E-state index contributed by atoms with van der Waals surface area (Å²) < 4.78 is 0. The first-order chi connectivity index (χ1) is 8.31. The Bertz CT molecular complexity index is 362. The second kappa shape index (κ2) is 5.77. The van der Waals surface area contributed by atoms with Gasteiger partial charge in [0.2, 0.25) is 5.91 Å². The average Bonchev–Trinajstić information content (AvgIpc) is 3.16. The van der Waals surface area contributed by atoms with Crippen LogP contribution in [-0.4, -0.2) is 34.9 Å². The maximum Gasteiger partial charge on any atom is 0.236 e. The third-order valence-electron chi connectivity index (χ3n) is 2.98. The molecule has 0 bridgehead atoms. The van der Waals surface area contributed by atoms with Crippen molar-refractivity contribution in [2.24, 2.45) is 0 Å². The first kappa shape index (κ1) is 12.0. The van der Waals surface area contributed by atoms with E-state index in [9.17, 15) is 4.79 Å². The molecule has 1 aromatic heterocycles. The molecule has 1 aromatic rings. The Hall–Kier alpha value is -1.42. The maximum atomic E-state index is 11.9. The maximum absolute atomic E-state index is 11.9. The van der Waals surface area contributed by atoms with Crippen molar-refractivity contribution in [2.45, 2.75) is 32.4 Å². The second-order valence-corrected chi connectivity index (χ2v) is 4.38. The van der Waals surface area contributed by atoms with Crippen LogP contribution in [0.5, 0.6) is 0 Å². The molecule has 1 saturated carbocycles. The van der Waals surface area contributed by atoms with E-state index in [0.717, 1.165) is 12.1 Å². The lowest BCUT2D eigenvalue weighted by atomic mass is 10.3. The first-order valence-corrected chi connectivity index (χ1v) is 6.20. The van der Waals surface area contributed by atoms with Gasteiger partial charge in [-0.15, -0.1) is 0 Å². The SMILES string of the molecule is CCN(C(=O)CNCc1cccnc1)C1CC1. The number of pyridine rings is 1. The van der Waals surface area contributed by atoms with Gasteiger partial charge in [0.25, 0.3) is 0 Å². The number of hydrogen-bond donors (Lipinski definition) is 1. The van der Waals surface area contributed by atoms with Crippen LogP contribution in [0.25, 0.3) is 0 Å². The fraction of sp³-hybridized carbons (Fsp3) is 0.538. The molecule has 2 rings (SSSR count). The first-order valence-electron chi connectivity index (χ1n) is 6.20. The minimum atomic E-state index is 0.207. The molecule has 0 spiro atoms. The standard InChI is InChI=1S/C13H19N3O/c1-2-16(12-5-6-12)13(17)10-15-9-11-4-3-7-14-8-11/h3-4,7-8,12,15H,2,5-6,9-10H2,1H3. The number of aromatic nitrogens is 1. The van der Waals surface area contributed by atoms with Crippen LogP contribution in [-0.2, 0) is 11.3 Å². The average molecular weight is 233 g/mol. The van der Waals surface area contributed by atoms with Gasteiger partial charge in [-0.05, 0) is 31.4 Å². The van der Waals surface area contributed by atoms with Crippen LogP contribution in [0.1, 0.15) is 25.3 Å². The molecular formula is C13H19N3O. The van der Waals surface area contributed by atoms with Crippen molar-refractivity contribution in [2.75, 3.05) is 13.1 Å². The Morgan fingerprint density at radius 1 is 1.59 bits per heavy atom. The molecule has 92 valence electrons. The minimum absolute atomic E-state index is 0.207. The highest BCUT2D eigenvalue weighted by Crippen LogP contribution is 2.26. The topological polar surface area (TPSA) is 45.2 Å². The molecule has 17 heavy (non-hydrogen) atoms. The van der Waals surface area contributed by atoms with Crippen molar-refractivity contribution >= 4 is 5.91 Å². The van der Waals surface area contributed by atoms with Crippen LogP contribution >= 0.6 is 0 Å². The van der Waals surface area contributed by atoms with E-state index < -0.39 is 0 Å². The monoisotopic (exact) mass is 233 g/mol. The summed E-state index contributed by atoms with van der Waals surface area (Å²) in [6, 6.07) is 4.41. The van der Waals surface area contributed by atoms with Gasteiger partial charge in [0.05, 0.1) is 6.54 Å². The molecule has 0 aliphatic heterocycles. The third-order valence-corrected chi connectivity index (χ3v) is 2.98. The predicted octanol–water partition coefficient (Wildman–Crippen LogP) is 1.18. The lowest BCUT2D eigenvalue weighted by Crippen LogP contribution is -2.39. The summed E-state index contributed by atoms with van der Waals surface area (Å²) in [6.45, 7) is 3.97. The number of carbonyl (C=O) groups excluding carboxylic acids is 1. The van der Waals surface area contributed by atoms with Crippen LogP contribution < -0.4 is 5.32 Å². The van der Waals surface area contributed by atoms with E-state index in [2.05, 4.69) is 10.3 Å². The van der Waals surface area contributed by atoms with Crippen molar-refractivity contribution in [3.05, 3.63) is 30.1 Å². The summed E-state index contributed by atoms with van der Waals surface area (Å²) in [6.07, 6.45) is 5.90. The zero-order chi connectivity index (χ0) is 12.1. The predicted molar refractivity (Wildman–Crippen MR) is 66.4 cm³/mol. The highest BCUT2D eigenvalue weighted by atomic mass is 16.2. The van der Waals surface area contributed by atoms with E-state index in [1.807, 2.05) is 30.2 Å². The number of carbonyl (C=O) groups is 1. The highest BCUT2D eigenvalue weighted by molar-refractivity contribution is 5.78. The van der Waals surface area contributed by atoms with E-state index in [-0.39, 0.29) is 5.91 Å². The minimum Gasteiger partial charge on any atom is -0.339 e. The van der Waals surface area contributed by atoms with Crippen LogP contribution in [0.15, 0.2) is 24.5 Å². The third kappa shape index (κ3) is 3.53. The molecule has 0 radical (unpaired) electrons. The van der Waals surface area contributed by atoms with E-state index >= 15 is 0 Å². The lowest BCUT2D eigenvalue weighted by molar-refractivity contribution is -0.130. The van der Waals surface area contributed by atoms with Gasteiger partial charge in [-0.2, -0.15) is 0 Å². The smallest absolute Gasteiger partial charge is 0.236 e. The van der Waals surface area contributed by atoms with Gasteiger partial charge in [-0.25, -0.2) is 0 Å². The molecule has 0 saturated heterocycles. The number of hydrogen-bond acceptors (Lipinski definition) is 3. The van der Waals surface area contributed by atoms with Crippen LogP contribution in [0.4, 0.5) is 0 Å². The van der Waals surface area contributed by atoms with E-state index in [4.69, 9.17) is 0 Å². The molecule has 0 atom stereocenters. The van der Waals surface area contributed by atoms with E-state index in [1.165, 1.54) is 12.8 Å². The van der Waals surface area contributed by atoms with Crippen LogP contribution in [0, 0.1) is 0 Å². The molecule has 1 N–H and O–H groups in total. The lowest BCUT2D eigenvalue weighted by Gasteiger charge is -2.20. The van der Waals surface area contributed by atoms with Gasteiger partial charge >= 0.3 is 0 Å². The Morgan fingerprint density at radius 2 is 2.41 bits per heavy atom. The van der Waals surface area contributed by atoms with Crippen molar-refractivity contribution < 1.29 is 4.79 Å². The van der Waals surface area contributed by atoms with Crippen molar-refractivity contribution in [1.82, 2.24) is 15.2 Å². The van der Waals surface area contributed by atoms with Gasteiger partial charge in [-0.3, -0.25) is 9.78 Å². The second-order valence-electron chi connectivity index (χ2n) is 4.38. The zero-order valence-corrected chi connectivity index (χ0v) is 10.2. The van der Waals surface area contributed by atoms with E-state index in [0.29, 0.717) is 19.1 Å². The van der Waals surface area contributed by atoms with Crippen molar-refractivity contribution in [1.29, 1.82) is 0 Å². The zero-order valence-electron chi connectivity index (χ0n) is 10.2. The number of rotatable bonds is 6. The molecule has 1 fully saturated rings. The fourth-order valence-corrected chi connectivity index (χ4v) is 1.94. The molecule has 1 aliphatic rings. The molecule has 0 unspecified atom stereocenters. The van der Waals surface area contributed by atoms with Crippen molar-refractivity contribution in [3.63, 3.8) is 0 Å². The Kier molecular flexibility index (Phi) is 4.09. The summed E-state index contributed by atoms with van der Waals surface area (Å²) in [5, 5.41) is 3.17. The summed E-state index contributed by atoms with van der Waals surface area (Å²) in [5.74, 6) is 0.207. The number of likely N-dealkylation sites (N-methyl/N-ethyl adjacent to an activating group) is 1. The fourth-order valence-electron chi connectivity index (χ4n) is 1.94. The number of amides is 1. The molecule has 1 aliphatic carbocycles. The van der Waals surface area contributed by atoms with E-state index in [1.54, 1.807) is 6.20 Å². The van der Waals surface area contributed by atoms with Gasteiger partial charge in [-0.1, -0.05) is 6.07 Å². The molecule has 1 amide bonds. The van der Waals surface area contributed by atoms with Gasteiger partial charge in [0, 0.05) is 31.5 Å². The Balaban J connectivity index is 1.72.